The zero-order valence-corrected chi connectivity index (χ0v) is 11.7. The molecular formula is C14H13N5S. The number of anilines is 3. The van der Waals surface area contributed by atoms with Crippen LogP contribution in [0.5, 0.6) is 0 Å². The number of rotatable bonds is 3. The molecule has 3 rings (SSSR count). The molecule has 2 heterocycles. The lowest BCUT2D eigenvalue weighted by Crippen LogP contribution is -1.97. The molecule has 0 saturated heterocycles. The summed E-state index contributed by atoms with van der Waals surface area (Å²) in [7, 11) is 0. The van der Waals surface area contributed by atoms with E-state index in [0.29, 0.717) is 5.95 Å². The van der Waals surface area contributed by atoms with E-state index in [2.05, 4.69) is 20.3 Å². The maximum Gasteiger partial charge on any atom is 0.227 e. The number of nitrogen functional groups attached to an aromatic ring is 1. The van der Waals surface area contributed by atoms with E-state index in [-0.39, 0.29) is 0 Å². The van der Waals surface area contributed by atoms with Crippen molar-refractivity contribution in [2.75, 3.05) is 11.1 Å². The van der Waals surface area contributed by atoms with Gasteiger partial charge in [-0.2, -0.15) is 0 Å². The topological polar surface area (TPSA) is 76.7 Å². The Morgan fingerprint density at radius 2 is 1.90 bits per heavy atom. The van der Waals surface area contributed by atoms with Crippen LogP contribution in [-0.2, 0) is 0 Å². The van der Waals surface area contributed by atoms with Crippen LogP contribution in [0.2, 0.25) is 0 Å². The molecule has 3 N–H and O–H groups in total. The Balaban J connectivity index is 1.86. The van der Waals surface area contributed by atoms with Crippen molar-refractivity contribution in [3.8, 4) is 10.7 Å². The van der Waals surface area contributed by atoms with Crippen LogP contribution in [0.3, 0.4) is 0 Å². The summed E-state index contributed by atoms with van der Waals surface area (Å²) < 4.78 is 0. The third-order valence-electron chi connectivity index (χ3n) is 2.66. The van der Waals surface area contributed by atoms with Gasteiger partial charge in [0, 0.05) is 28.6 Å². The Morgan fingerprint density at radius 3 is 2.60 bits per heavy atom. The molecule has 3 aromatic rings. The van der Waals surface area contributed by atoms with Crippen molar-refractivity contribution in [1.29, 1.82) is 0 Å². The predicted molar refractivity (Wildman–Crippen MR) is 82.0 cm³/mol. The molecule has 0 atom stereocenters. The van der Waals surface area contributed by atoms with Crippen LogP contribution < -0.4 is 11.1 Å². The number of aromatic nitrogens is 3. The van der Waals surface area contributed by atoms with E-state index in [4.69, 9.17) is 5.73 Å². The molecule has 0 aliphatic heterocycles. The Labute approximate surface area is 120 Å². The van der Waals surface area contributed by atoms with Crippen LogP contribution in [-0.4, -0.2) is 15.0 Å². The summed E-state index contributed by atoms with van der Waals surface area (Å²) in [5, 5.41) is 4.04. The second-order valence-electron chi connectivity index (χ2n) is 4.29. The van der Waals surface area contributed by atoms with Gasteiger partial charge in [-0.15, -0.1) is 11.3 Å². The van der Waals surface area contributed by atoms with E-state index < -0.39 is 0 Å². The number of benzene rings is 1. The molecule has 0 aliphatic rings. The van der Waals surface area contributed by atoms with Gasteiger partial charge in [0.1, 0.15) is 10.7 Å². The molecule has 0 unspecified atom stereocenters. The van der Waals surface area contributed by atoms with Crippen molar-refractivity contribution in [3.05, 3.63) is 47.6 Å². The van der Waals surface area contributed by atoms with E-state index in [1.807, 2.05) is 43.5 Å². The molecule has 0 bridgehead atoms. The first-order chi connectivity index (χ1) is 9.70. The lowest BCUT2D eigenvalue weighted by Gasteiger charge is -2.05. The van der Waals surface area contributed by atoms with E-state index in [0.717, 1.165) is 27.0 Å². The summed E-state index contributed by atoms with van der Waals surface area (Å²) in [5.74, 6) is 0.542. The molecule has 0 aliphatic carbocycles. The fourth-order valence-electron chi connectivity index (χ4n) is 1.71. The highest BCUT2D eigenvalue weighted by atomic mass is 32.1. The fraction of sp³-hybridized carbons (Fsp3) is 0.0714. The highest BCUT2D eigenvalue weighted by Gasteiger charge is 2.06. The van der Waals surface area contributed by atoms with Crippen LogP contribution in [0.1, 0.15) is 4.88 Å². The minimum absolute atomic E-state index is 0.542. The minimum atomic E-state index is 0.542. The molecule has 0 saturated carbocycles. The lowest BCUT2D eigenvalue weighted by molar-refractivity contribution is 1.16. The van der Waals surface area contributed by atoms with Gasteiger partial charge in [-0.25, -0.2) is 15.0 Å². The maximum absolute atomic E-state index is 5.66. The summed E-state index contributed by atoms with van der Waals surface area (Å²) in [6.07, 6.45) is 3.56. The number of nitrogens with two attached hydrogens (primary N) is 1. The number of nitrogens with one attached hydrogen (secondary N) is 1. The zero-order chi connectivity index (χ0) is 13.9. The summed E-state index contributed by atoms with van der Waals surface area (Å²) >= 11 is 1.61. The third kappa shape index (κ3) is 2.75. The molecule has 6 heteroatoms. The smallest absolute Gasteiger partial charge is 0.227 e. The molecule has 0 amide bonds. The highest BCUT2D eigenvalue weighted by molar-refractivity contribution is 7.14. The van der Waals surface area contributed by atoms with Crippen molar-refractivity contribution >= 4 is 28.7 Å². The quantitative estimate of drug-likeness (QED) is 0.722. The average molecular weight is 283 g/mol. The normalized spacial score (nSPS) is 10.4. The first kappa shape index (κ1) is 12.6. The second kappa shape index (κ2) is 5.26. The SMILES string of the molecule is Cc1cnc(-c2ccnc(Nc3ccc(N)cc3)n2)s1. The van der Waals surface area contributed by atoms with Crippen LogP contribution in [0, 0.1) is 6.92 Å². The van der Waals surface area contributed by atoms with Crippen LogP contribution >= 0.6 is 11.3 Å². The van der Waals surface area contributed by atoms with Gasteiger partial charge < -0.3 is 11.1 Å². The van der Waals surface area contributed by atoms with E-state index in [1.54, 1.807) is 17.5 Å². The summed E-state index contributed by atoms with van der Waals surface area (Å²) in [4.78, 5) is 14.2. The first-order valence-corrected chi connectivity index (χ1v) is 6.91. The second-order valence-corrected chi connectivity index (χ2v) is 5.52. The first-order valence-electron chi connectivity index (χ1n) is 6.09. The molecule has 2 aromatic heterocycles. The fourth-order valence-corrected chi connectivity index (χ4v) is 2.44. The molecule has 0 radical (unpaired) electrons. The number of hydrogen-bond donors (Lipinski definition) is 2. The number of thiazole rings is 1. The predicted octanol–water partition coefficient (Wildman–Crippen LogP) is 3.23. The van der Waals surface area contributed by atoms with Crippen molar-refractivity contribution in [2.45, 2.75) is 6.92 Å². The Kier molecular flexibility index (Phi) is 3.30. The van der Waals surface area contributed by atoms with Crippen molar-refractivity contribution in [2.24, 2.45) is 0 Å². The Bertz CT molecular complexity index is 720. The van der Waals surface area contributed by atoms with Crippen LogP contribution in [0.15, 0.2) is 42.7 Å². The molecule has 0 fully saturated rings. The number of aryl methyl sites for hydroxylation is 1. The largest absolute Gasteiger partial charge is 0.399 e. The monoisotopic (exact) mass is 283 g/mol. The average Bonchev–Trinajstić information content (AvgIpc) is 2.89. The summed E-state index contributed by atoms with van der Waals surface area (Å²) in [6.45, 7) is 2.02. The Morgan fingerprint density at radius 1 is 1.10 bits per heavy atom. The van der Waals surface area contributed by atoms with Gasteiger partial charge in [0.05, 0.1) is 0 Å². The van der Waals surface area contributed by atoms with E-state index >= 15 is 0 Å². The van der Waals surface area contributed by atoms with Gasteiger partial charge >= 0.3 is 0 Å². The summed E-state index contributed by atoms with van der Waals surface area (Å²) in [5.41, 5.74) is 8.09. The lowest BCUT2D eigenvalue weighted by atomic mass is 10.3. The van der Waals surface area contributed by atoms with E-state index in [9.17, 15) is 0 Å². The van der Waals surface area contributed by atoms with Gasteiger partial charge in [0.25, 0.3) is 0 Å². The maximum atomic E-state index is 5.66. The van der Waals surface area contributed by atoms with Crippen molar-refractivity contribution in [1.82, 2.24) is 15.0 Å². The van der Waals surface area contributed by atoms with Gasteiger partial charge in [-0.05, 0) is 37.3 Å². The number of nitrogens with zero attached hydrogens (tertiary/aromatic N) is 3. The zero-order valence-electron chi connectivity index (χ0n) is 10.9. The molecule has 5 nitrogen and oxygen atoms in total. The van der Waals surface area contributed by atoms with Crippen LogP contribution in [0.25, 0.3) is 10.7 Å². The Hall–Kier alpha value is -2.47. The molecule has 100 valence electrons. The molecular weight excluding hydrogens is 270 g/mol. The van der Waals surface area contributed by atoms with Crippen molar-refractivity contribution in [3.63, 3.8) is 0 Å². The van der Waals surface area contributed by atoms with Gasteiger partial charge in [0.15, 0.2) is 0 Å². The third-order valence-corrected chi connectivity index (χ3v) is 3.60. The van der Waals surface area contributed by atoms with Crippen LogP contribution in [0.4, 0.5) is 17.3 Å². The van der Waals surface area contributed by atoms with Gasteiger partial charge in [-0.3, -0.25) is 0 Å². The molecule has 0 spiro atoms. The van der Waals surface area contributed by atoms with E-state index in [1.165, 1.54) is 0 Å². The minimum Gasteiger partial charge on any atom is -0.399 e. The highest BCUT2D eigenvalue weighted by Crippen LogP contribution is 2.24. The van der Waals surface area contributed by atoms with Crippen molar-refractivity contribution < 1.29 is 0 Å². The molecule has 1 aromatic carbocycles. The summed E-state index contributed by atoms with van der Waals surface area (Å²) in [6, 6.07) is 9.29. The molecule has 20 heavy (non-hydrogen) atoms. The number of hydrogen-bond acceptors (Lipinski definition) is 6. The van der Waals surface area contributed by atoms with Gasteiger partial charge in [0.2, 0.25) is 5.95 Å². The van der Waals surface area contributed by atoms with Gasteiger partial charge in [-0.1, -0.05) is 0 Å². The standard InChI is InChI=1S/C14H13N5S/c1-9-8-17-13(20-9)12-6-7-16-14(19-12)18-11-4-2-10(15)3-5-11/h2-8H,15H2,1H3,(H,16,18,19).